The topological polar surface area (TPSA) is 30.9 Å². The Kier molecular flexibility index (Phi) is 10.4. The zero-order valence-corrected chi connectivity index (χ0v) is 15.9. The number of nitrogens with zero attached hydrogens (tertiary/aromatic N) is 3. The average Bonchev–Trinajstić information content (AvgIpc) is 2.36. The van der Waals surface area contributed by atoms with E-state index in [1.165, 1.54) is 0 Å². The summed E-state index contributed by atoms with van der Waals surface area (Å²) in [6.45, 7) is 11.3. The van der Waals surface area contributed by atoms with Gasteiger partial charge in [-0.05, 0) is 12.8 Å². The van der Waals surface area contributed by atoms with Crippen molar-refractivity contribution in [3.05, 3.63) is 0 Å². The van der Waals surface area contributed by atoms with Crippen molar-refractivity contribution in [1.29, 1.82) is 0 Å². The Hall–Kier alpha value is -0.250. The van der Waals surface area contributed by atoms with E-state index in [9.17, 15) is 13.2 Å². The minimum Gasteiger partial charge on any atom is -0.357 e. The Bertz CT molecular complexity index is 327. The molecule has 1 aliphatic rings. The van der Waals surface area contributed by atoms with Gasteiger partial charge in [-0.1, -0.05) is 13.8 Å². The largest absolute Gasteiger partial charge is 0.390 e. The third-order valence-corrected chi connectivity index (χ3v) is 3.29. The fraction of sp³-hybridized carbons (Fsp3) is 0.929. The molecule has 1 aliphatic heterocycles. The lowest BCUT2D eigenvalue weighted by Gasteiger charge is -2.37. The second-order valence-electron chi connectivity index (χ2n) is 5.78. The Balaban J connectivity index is 0.00000441. The van der Waals surface area contributed by atoms with Crippen LogP contribution in [0.25, 0.3) is 0 Å². The summed E-state index contributed by atoms with van der Waals surface area (Å²) in [7, 11) is 0. The first-order chi connectivity index (χ1) is 9.81. The fourth-order valence-corrected chi connectivity index (χ4v) is 2.37. The first kappa shape index (κ1) is 21.8. The molecule has 0 spiro atoms. The molecule has 0 radical (unpaired) electrons. The number of nitrogens with one attached hydrogen (secondary N) is 1. The van der Waals surface area contributed by atoms with Crippen molar-refractivity contribution in [2.45, 2.75) is 33.4 Å². The number of guanidine groups is 1. The maximum absolute atomic E-state index is 12.2. The van der Waals surface area contributed by atoms with E-state index in [4.69, 9.17) is 0 Å². The van der Waals surface area contributed by atoms with Gasteiger partial charge in [-0.15, -0.1) is 24.0 Å². The molecule has 1 heterocycles. The average molecular weight is 436 g/mol. The Morgan fingerprint density at radius 2 is 1.77 bits per heavy atom. The van der Waals surface area contributed by atoms with Gasteiger partial charge in [0.1, 0.15) is 0 Å². The van der Waals surface area contributed by atoms with E-state index in [-0.39, 0.29) is 30.5 Å². The van der Waals surface area contributed by atoms with Gasteiger partial charge in [-0.2, -0.15) is 13.2 Å². The lowest BCUT2D eigenvalue weighted by molar-refractivity contribution is -0.132. The van der Waals surface area contributed by atoms with Crippen LogP contribution in [-0.2, 0) is 0 Å². The zero-order chi connectivity index (χ0) is 15.9. The van der Waals surface area contributed by atoms with E-state index in [0.717, 1.165) is 32.7 Å². The summed E-state index contributed by atoms with van der Waals surface area (Å²) in [4.78, 5) is 8.54. The van der Waals surface area contributed by atoms with Crippen molar-refractivity contribution in [2.75, 3.05) is 45.8 Å². The first-order valence-corrected chi connectivity index (χ1v) is 7.64. The molecule has 0 aromatic rings. The highest BCUT2D eigenvalue weighted by molar-refractivity contribution is 14.0. The van der Waals surface area contributed by atoms with Gasteiger partial charge >= 0.3 is 6.18 Å². The molecule has 1 fully saturated rings. The summed E-state index contributed by atoms with van der Waals surface area (Å²) >= 11 is 0. The number of hydrogen-bond donors (Lipinski definition) is 1. The van der Waals surface area contributed by atoms with Crippen molar-refractivity contribution in [3.8, 4) is 0 Å². The van der Waals surface area contributed by atoms with Crippen LogP contribution in [0, 0.1) is 5.92 Å². The van der Waals surface area contributed by atoms with E-state index >= 15 is 0 Å². The first-order valence-electron chi connectivity index (χ1n) is 7.64. The second-order valence-corrected chi connectivity index (χ2v) is 5.78. The van der Waals surface area contributed by atoms with Crippen LogP contribution < -0.4 is 5.32 Å². The summed E-state index contributed by atoms with van der Waals surface area (Å²) in [5, 5.41) is 3.08. The number of alkyl halides is 3. The molecule has 22 heavy (non-hydrogen) atoms. The molecule has 0 atom stereocenters. The summed E-state index contributed by atoms with van der Waals surface area (Å²) in [6, 6.07) is 0. The maximum Gasteiger partial charge on any atom is 0.390 e. The molecule has 0 bridgehead atoms. The number of aliphatic imine (C=N–C) groups is 1. The molecule has 0 unspecified atom stereocenters. The minimum atomic E-state index is -4.14. The molecule has 0 saturated carbocycles. The van der Waals surface area contributed by atoms with Gasteiger partial charge in [0.2, 0.25) is 0 Å². The van der Waals surface area contributed by atoms with E-state index in [1.807, 2.05) is 6.92 Å². The second kappa shape index (κ2) is 10.5. The van der Waals surface area contributed by atoms with Crippen molar-refractivity contribution >= 4 is 29.9 Å². The van der Waals surface area contributed by atoms with Crippen LogP contribution in [0.5, 0.6) is 0 Å². The number of rotatable bonds is 5. The molecule has 0 aromatic heterocycles. The molecule has 8 heteroatoms. The third kappa shape index (κ3) is 9.02. The summed E-state index contributed by atoms with van der Waals surface area (Å²) in [6.07, 6.45) is -5.01. The van der Waals surface area contributed by atoms with E-state index < -0.39 is 12.6 Å². The predicted molar refractivity (Wildman–Crippen MR) is 94.9 cm³/mol. The highest BCUT2D eigenvalue weighted by Crippen LogP contribution is 2.19. The van der Waals surface area contributed by atoms with Gasteiger partial charge in [0.15, 0.2) is 5.96 Å². The monoisotopic (exact) mass is 436 g/mol. The van der Waals surface area contributed by atoms with Crippen LogP contribution in [0.3, 0.4) is 0 Å². The molecule has 0 aromatic carbocycles. The zero-order valence-electron chi connectivity index (χ0n) is 13.6. The van der Waals surface area contributed by atoms with Gasteiger partial charge < -0.3 is 10.2 Å². The van der Waals surface area contributed by atoms with Gasteiger partial charge in [0.25, 0.3) is 0 Å². The van der Waals surface area contributed by atoms with Crippen LogP contribution in [-0.4, -0.2) is 67.7 Å². The van der Waals surface area contributed by atoms with E-state index in [0.29, 0.717) is 18.4 Å². The molecule has 4 nitrogen and oxygen atoms in total. The smallest absolute Gasteiger partial charge is 0.357 e. The predicted octanol–water partition coefficient (Wildman–Crippen LogP) is 2.80. The van der Waals surface area contributed by atoms with Crippen molar-refractivity contribution < 1.29 is 13.2 Å². The molecule has 1 rings (SSSR count). The third-order valence-electron chi connectivity index (χ3n) is 3.29. The molecule has 1 saturated heterocycles. The highest BCUT2D eigenvalue weighted by Gasteiger charge is 2.26. The van der Waals surface area contributed by atoms with Crippen LogP contribution in [0.15, 0.2) is 4.99 Å². The lowest BCUT2D eigenvalue weighted by atomic mass is 10.2. The van der Waals surface area contributed by atoms with Gasteiger partial charge in [-0.3, -0.25) is 9.89 Å². The SMILES string of the molecule is CCNC(=NCCC(F)(F)F)N1CCN(CC(C)C)CC1.I. The van der Waals surface area contributed by atoms with Gasteiger partial charge in [0, 0.05) is 39.3 Å². The van der Waals surface area contributed by atoms with Crippen LogP contribution in [0.2, 0.25) is 0 Å². The molecular formula is C14H28F3IN4. The molecule has 0 amide bonds. The summed E-state index contributed by atoms with van der Waals surface area (Å²) in [5.74, 6) is 1.23. The lowest BCUT2D eigenvalue weighted by Crippen LogP contribution is -2.53. The minimum absolute atomic E-state index is 0. The molecule has 132 valence electrons. The Labute approximate surface area is 148 Å². The number of hydrogen-bond acceptors (Lipinski definition) is 2. The maximum atomic E-state index is 12.2. The Morgan fingerprint density at radius 3 is 2.23 bits per heavy atom. The van der Waals surface area contributed by atoms with E-state index in [2.05, 4.69) is 34.0 Å². The number of piperazine rings is 1. The summed E-state index contributed by atoms with van der Waals surface area (Å²) in [5.41, 5.74) is 0. The quantitative estimate of drug-likeness (QED) is 0.409. The van der Waals surface area contributed by atoms with Gasteiger partial charge in [-0.25, -0.2) is 0 Å². The highest BCUT2D eigenvalue weighted by atomic mass is 127. The molecule has 0 aliphatic carbocycles. The Morgan fingerprint density at radius 1 is 1.18 bits per heavy atom. The molecular weight excluding hydrogens is 408 g/mol. The number of halogens is 4. The van der Waals surface area contributed by atoms with E-state index in [1.54, 1.807) is 0 Å². The van der Waals surface area contributed by atoms with Crippen LogP contribution in [0.4, 0.5) is 13.2 Å². The summed E-state index contributed by atoms with van der Waals surface area (Å²) < 4.78 is 36.6. The fourth-order valence-electron chi connectivity index (χ4n) is 2.37. The van der Waals surface area contributed by atoms with Gasteiger partial charge in [0.05, 0.1) is 13.0 Å². The standard InChI is InChI=1S/C14H27F3N4.HI/c1-4-18-13(19-6-5-14(15,16)17)21-9-7-20(8-10-21)11-12(2)3;/h12H,4-11H2,1-3H3,(H,18,19);1H. The normalized spacial score (nSPS) is 17.6. The van der Waals surface area contributed by atoms with Crippen LogP contribution >= 0.6 is 24.0 Å². The van der Waals surface area contributed by atoms with Crippen molar-refractivity contribution in [2.24, 2.45) is 10.9 Å². The van der Waals surface area contributed by atoms with Crippen molar-refractivity contribution in [1.82, 2.24) is 15.1 Å². The molecule has 1 N–H and O–H groups in total. The van der Waals surface area contributed by atoms with Crippen molar-refractivity contribution in [3.63, 3.8) is 0 Å². The van der Waals surface area contributed by atoms with Crippen LogP contribution in [0.1, 0.15) is 27.2 Å².